The van der Waals surface area contributed by atoms with Crippen LogP contribution in [0.4, 0.5) is 0 Å². The first-order valence-electron chi connectivity index (χ1n) is 5.08. The second kappa shape index (κ2) is 3.96. The number of thiophene rings is 1. The monoisotopic (exact) mass is 247 g/mol. The van der Waals surface area contributed by atoms with E-state index in [4.69, 9.17) is 11.6 Å². The molecule has 0 spiro atoms. The highest BCUT2D eigenvalue weighted by Crippen LogP contribution is 2.21. The van der Waals surface area contributed by atoms with E-state index < -0.39 is 0 Å². The molecular formula is C13H10ClNS. The fourth-order valence-electron chi connectivity index (χ4n) is 1.87. The summed E-state index contributed by atoms with van der Waals surface area (Å²) in [6.07, 6.45) is 2.11. The quantitative estimate of drug-likeness (QED) is 0.632. The highest BCUT2D eigenvalue weighted by atomic mass is 35.5. The smallest absolute Gasteiger partial charge is 0.0498 e. The van der Waals surface area contributed by atoms with Gasteiger partial charge in [-0.3, -0.25) is 0 Å². The van der Waals surface area contributed by atoms with Gasteiger partial charge >= 0.3 is 0 Å². The predicted molar refractivity (Wildman–Crippen MR) is 70.4 cm³/mol. The summed E-state index contributed by atoms with van der Waals surface area (Å²) in [5, 5.41) is 6.31. The molecule has 0 aliphatic carbocycles. The Morgan fingerprint density at radius 1 is 1.19 bits per heavy atom. The average molecular weight is 248 g/mol. The van der Waals surface area contributed by atoms with Crippen molar-refractivity contribution in [1.82, 2.24) is 4.57 Å². The molecule has 0 unspecified atom stereocenters. The maximum atomic E-state index is 6.02. The van der Waals surface area contributed by atoms with Crippen LogP contribution in [-0.4, -0.2) is 4.57 Å². The van der Waals surface area contributed by atoms with E-state index in [9.17, 15) is 0 Å². The number of hydrogen-bond acceptors (Lipinski definition) is 1. The number of fused-ring (bicyclic) bond motifs is 1. The Labute approximate surface area is 103 Å². The van der Waals surface area contributed by atoms with Gasteiger partial charge in [-0.15, -0.1) is 0 Å². The molecule has 80 valence electrons. The lowest BCUT2D eigenvalue weighted by atomic mass is 10.2. The molecule has 3 aromatic rings. The van der Waals surface area contributed by atoms with Gasteiger partial charge in [0, 0.05) is 23.3 Å². The molecule has 1 nitrogen and oxygen atoms in total. The van der Waals surface area contributed by atoms with Crippen LogP contribution in [-0.2, 0) is 6.54 Å². The molecule has 0 bridgehead atoms. The SMILES string of the molecule is Clc1ccc2ccn(Cc3ccsc3)c2c1. The molecular weight excluding hydrogens is 238 g/mol. The molecule has 2 heterocycles. The van der Waals surface area contributed by atoms with Gasteiger partial charge in [0.25, 0.3) is 0 Å². The minimum absolute atomic E-state index is 0.790. The molecule has 16 heavy (non-hydrogen) atoms. The van der Waals surface area contributed by atoms with E-state index in [1.807, 2.05) is 12.1 Å². The minimum atomic E-state index is 0.790. The molecule has 2 aromatic heterocycles. The van der Waals surface area contributed by atoms with Crippen LogP contribution in [0.15, 0.2) is 47.3 Å². The molecule has 3 heteroatoms. The normalized spacial score (nSPS) is 11.1. The van der Waals surface area contributed by atoms with Crippen LogP contribution in [0.5, 0.6) is 0 Å². The topological polar surface area (TPSA) is 4.93 Å². The van der Waals surface area contributed by atoms with Crippen LogP contribution in [0, 0.1) is 0 Å². The third kappa shape index (κ3) is 1.75. The lowest BCUT2D eigenvalue weighted by molar-refractivity contribution is 0.840. The predicted octanol–water partition coefficient (Wildman–Crippen LogP) is 4.40. The summed E-state index contributed by atoms with van der Waals surface area (Å²) >= 11 is 7.75. The van der Waals surface area contributed by atoms with Gasteiger partial charge in [-0.1, -0.05) is 17.7 Å². The first-order valence-corrected chi connectivity index (χ1v) is 6.40. The van der Waals surface area contributed by atoms with Crippen LogP contribution in [0.3, 0.4) is 0 Å². The highest BCUT2D eigenvalue weighted by Gasteiger charge is 2.02. The summed E-state index contributed by atoms with van der Waals surface area (Å²) in [6.45, 7) is 0.910. The van der Waals surface area contributed by atoms with Crippen molar-refractivity contribution in [2.75, 3.05) is 0 Å². The number of halogens is 1. The van der Waals surface area contributed by atoms with Gasteiger partial charge in [0.2, 0.25) is 0 Å². The van der Waals surface area contributed by atoms with E-state index in [1.54, 1.807) is 11.3 Å². The molecule has 0 fully saturated rings. The van der Waals surface area contributed by atoms with E-state index in [1.165, 1.54) is 16.5 Å². The maximum absolute atomic E-state index is 6.02. The molecule has 0 N–H and O–H groups in total. The molecule has 0 aliphatic rings. The minimum Gasteiger partial charge on any atom is -0.343 e. The second-order valence-electron chi connectivity index (χ2n) is 3.78. The van der Waals surface area contributed by atoms with Crippen molar-refractivity contribution < 1.29 is 0 Å². The van der Waals surface area contributed by atoms with Gasteiger partial charge in [0.05, 0.1) is 0 Å². The molecule has 0 saturated carbocycles. The van der Waals surface area contributed by atoms with E-state index in [0.717, 1.165) is 11.6 Å². The Hall–Kier alpha value is -1.25. The van der Waals surface area contributed by atoms with Crippen molar-refractivity contribution in [1.29, 1.82) is 0 Å². The van der Waals surface area contributed by atoms with Crippen LogP contribution in [0.1, 0.15) is 5.56 Å². The highest BCUT2D eigenvalue weighted by molar-refractivity contribution is 7.07. The summed E-state index contributed by atoms with van der Waals surface area (Å²) < 4.78 is 2.23. The van der Waals surface area contributed by atoms with Gasteiger partial charge in [-0.05, 0) is 46.0 Å². The van der Waals surface area contributed by atoms with Crippen LogP contribution < -0.4 is 0 Å². The molecule has 0 radical (unpaired) electrons. The largest absolute Gasteiger partial charge is 0.343 e. The van der Waals surface area contributed by atoms with Crippen molar-refractivity contribution in [3.05, 3.63) is 57.9 Å². The number of rotatable bonds is 2. The van der Waals surface area contributed by atoms with Crippen molar-refractivity contribution in [2.45, 2.75) is 6.54 Å². The Morgan fingerprint density at radius 2 is 2.12 bits per heavy atom. The molecule has 0 aliphatic heterocycles. The zero-order valence-electron chi connectivity index (χ0n) is 8.56. The number of hydrogen-bond donors (Lipinski definition) is 0. The molecule has 0 amide bonds. The first-order chi connectivity index (χ1) is 7.83. The van der Waals surface area contributed by atoms with Crippen molar-refractivity contribution >= 4 is 33.8 Å². The summed E-state index contributed by atoms with van der Waals surface area (Å²) in [5.74, 6) is 0. The number of benzene rings is 1. The number of aromatic nitrogens is 1. The summed E-state index contributed by atoms with van der Waals surface area (Å²) in [5.41, 5.74) is 2.53. The van der Waals surface area contributed by atoms with Gasteiger partial charge in [0.15, 0.2) is 0 Å². The Balaban J connectivity index is 2.07. The van der Waals surface area contributed by atoms with E-state index in [0.29, 0.717) is 0 Å². The van der Waals surface area contributed by atoms with Crippen LogP contribution in [0.2, 0.25) is 5.02 Å². The lowest BCUT2D eigenvalue weighted by Crippen LogP contribution is -1.95. The third-order valence-corrected chi connectivity index (χ3v) is 3.64. The molecule has 1 aromatic carbocycles. The van der Waals surface area contributed by atoms with Gasteiger partial charge < -0.3 is 4.57 Å². The molecule has 0 atom stereocenters. The van der Waals surface area contributed by atoms with Crippen molar-refractivity contribution in [2.24, 2.45) is 0 Å². The summed E-state index contributed by atoms with van der Waals surface area (Å²) in [6, 6.07) is 10.3. The Kier molecular flexibility index (Phi) is 2.46. The van der Waals surface area contributed by atoms with Crippen molar-refractivity contribution in [3.8, 4) is 0 Å². The van der Waals surface area contributed by atoms with E-state index in [-0.39, 0.29) is 0 Å². The fraction of sp³-hybridized carbons (Fsp3) is 0.0769. The Morgan fingerprint density at radius 3 is 2.94 bits per heavy atom. The van der Waals surface area contributed by atoms with Gasteiger partial charge in [-0.2, -0.15) is 11.3 Å². The summed E-state index contributed by atoms with van der Waals surface area (Å²) in [7, 11) is 0. The summed E-state index contributed by atoms with van der Waals surface area (Å²) in [4.78, 5) is 0. The van der Waals surface area contributed by atoms with E-state index >= 15 is 0 Å². The van der Waals surface area contributed by atoms with Crippen LogP contribution >= 0.6 is 22.9 Å². The van der Waals surface area contributed by atoms with Gasteiger partial charge in [0.1, 0.15) is 0 Å². The Bertz CT molecular complexity index is 610. The van der Waals surface area contributed by atoms with E-state index in [2.05, 4.69) is 39.7 Å². The van der Waals surface area contributed by atoms with Gasteiger partial charge in [-0.25, -0.2) is 0 Å². The van der Waals surface area contributed by atoms with Crippen molar-refractivity contribution in [3.63, 3.8) is 0 Å². The number of nitrogens with zero attached hydrogens (tertiary/aromatic N) is 1. The lowest BCUT2D eigenvalue weighted by Gasteiger charge is -2.03. The zero-order valence-corrected chi connectivity index (χ0v) is 10.1. The van der Waals surface area contributed by atoms with Crippen LogP contribution in [0.25, 0.3) is 10.9 Å². The zero-order chi connectivity index (χ0) is 11.0. The molecule has 0 saturated heterocycles. The second-order valence-corrected chi connectivity index (χ2v) is 4.99. The standard InChI is InChI=1S/C13H10ClNS/c14-12-2-1-11-3-5-15(13(11)7-12)8-10-4-6-16-9-10/h1-7,9H,8H2. The third-order valence-electron chi connectivity index (χ3n) is 2.67. The fourth-order valence-corrected chi connectivity index (χ4v) is 2.70. The molecule has 3 rings (SSSR count). The maximum Gasteiger partial charge on any atom is 0.0498 e. The first kappa shape index (κ1) is 9.94. The average Bonchev–Trinajstić information content (AvgIpc) is 2.90.